The largest absolute Gasteiger partial charge is 0.353 e. The standard InChI is InChI=1S/C22H20N4O3/c1-13-20-17(16-5-3-4-6-18(16)24-20)11-19(23-13)22(28)26(2)12-14-7-9-15(10-8-14)21(27)25-29/h3-11,24,29H,12H2,1-2H3,(H,25,27). The van der Waals surface area contributed by atoms with Gasteiger partial charge >= 0.3 is 0 Å². The molecule has 29 heavy (non-hydrogen) atoms. The number of aromatic amines is 1. The highest BCUT2D eigenvalue weighted by Gasteiger charge is 2.17. The summed E-state index contributed by atoms with van der Waals surface area (Å²) in [5, 5.41) is 10.7. The van der Waals surface area contributed by atoms with E-state index in [1.807, 2.05) is 37.3 Å². The van der Waals surface area contributed by atoms with Crippen molar-refractivity contribution in [1.82, 2.24) is 20.3 Å². The normalized spacial score (nSPS) is 11.0. The minimum Gasteiger partial charge on any atom is -0.353 e. The van der Waals surface area contributed by atoms with Crippen LogP contribution in [0, 0.1) is 6.92 Å². The molecule has 2 amide bonds. The second kappa shape index (κ2) is 7.37. The van der Waals surface area contributed by atoms with Gasteiger partial charge in [-0.25, -0.2) is 10.5 Å². The zero-order valence-electron chi connectivity index (χ0n) is 16.1. The van der Waals surface area contributed by atoms with Gasteiger partial charge in [0.2, 0.25) is 0 Å². The van der Waals surface area contributed by atoms with Crippen LogP contribution in [0.25, 0.3) is 21.8 Å². The number of benzene rings is 2. The molecule has 146 valence electrons. The van der Waals surface area contributed by atoms with E-state index in [0.29, 0.717) is 17.8 Å². The molecular formula is C22H20N4O3. The number of amides is 2. The average Bonchev–Trinajstić information content (AvgIpc) is 3.12. The SMILES string of the molecule is Cc1nc(C(=O)N(C)Cc2ccc(C(=O)NO)cc2)cc2c1[nH]c1ccccc12. The first kappa shape index (κ1) is 18.6. The lowest BCUT2D eigenvalue weighted by molar-refractivity contribution is 0.0705. The maximum Gasteiger partial charge on any atom is 0.274 e. The van der Waals surface area contributed by atoms with Crippen LogP contribution < -0.4 is 5.48 Å². The summed E-state index contributed by atoms with van der Waals surface area (Å²) in [4.78, 5) is 33.8. The van der Waals surface area contributed by atoms with E-state index in [1.54, 1.807) is 41.7 Å². The van der Waals surface area contributed by atoms with E-state index < -0.39 is 5.91 Å². The van der Waals surface area contributed by atoms with Crippen LogP contribution in [0.3, 0.4) is 0 Å². The smallest absolute Gasteiger partial charge is 0.274 e. The van der Waals surface area contributed by atoms with Crippen LogP contribution in [-0.4, -0.2) is 38.9 Å². The Morgan fingerprint density at radius 3 is 2.55 bits per heavy atom. The Balaban J connectivity index is 1.61. The number of rotatable bonds is 4. The molecule has 0 bridgehead atoms. The van der Waals surface area contributed by atoms with Gasteiger partial charge in [0.15, 0.2) is 0 Å². The molecule has 2 aromatic heterocycles. The fourth-order valence-electron chi connectivity index (χ4n) is 3.48. The number of fused-ring (bicyclic) bond motifs is 3. The quantitative estimate of drug-likeness (QED) is 0.369. The molecule has 0 aliphatic heterocycles. The van der Waals surface area contributed by atoms with E-state index >= 15 is 0 Å². The number of carbonyl (C=O) groups is 2. The fraction of sp³-hybridized carbons (Fsp3) is 0.136. The van der Waals surface area contributed by atoms with E-state index in [1.165, 1.54) is 0 Å². The van der Waals surface area contributed by atoms with Gasteiger partial charge in [-0.15, -0.1) is 0 Å². The average molecular weight is 388 g/mol. The lowest BCUT2D eigenvalue weighted by Crippen LogP contribution is -2.27. The Morgan fingerprint density at radius 1 is 1.10 bits per heavy atom. The highest BCUT2D eigenvalue weighted by molar-refractivity contribution is 6.10. The molecule has 0 spiro atoms. The number of para-hydroxylation sites is 1. The second-order valence-corrected chi connectivity index (χ2v) is 6.99. The summed E-state index contributed by atoms with van der Waals surface area (Å²) in [5.74, 6) is -0.759. The first-order valence-corrected chi connectivity index (χ1v) is 9.15. The number of H-pyrrole nitrogens is 1. The molecule has 0 atom stereocenters. The monoisotopic (exact) mass is 388 g/mol. The number of carbonyl (C=O) groups excluding carboxylic acids is 2. The number of hydrogen-bond acceptors (Lipinski definition) is 4. The van der Waals surface area contributed by atoms with Crippen molar-refractivity contribution >= 4 is 33.6 Å². The number of pyridine rings is 1. The second-order valence-electron chi connectivity index (χ2n) is 6.99. The van der Waals surface area contributed by atoms with Crippen LogP contribution in [-0.2, 0) is 6.54 Å². The minimum absolute atomic E-state index is 0.183. The molecular weight excluding hydrogens is 368 g/mol. The lowest BCUT2D eigenvalue weighted by Gasteiger charge is -2.17. The molecule has 0 aliphatic carbocycles. The summed E-state index contributed by atoms with van der Waals surface area (Å²) in [5.41, 5.74) is 5.90. The van der Waals surface area contributed by atoms with Crippen LogP contribution >= 0.6 is 0 Å². The number of aryl methyl sites for hydroxylation is 1. The van der Waals surface area contributed by atoms with Crippen LogP contribution in [0.1, 0.15) is 32.1 Å². The molecule has 0 unspecified atom stereocenters. The van der Waals surface area contributed by atoms with Gasteiger partial charge in [-0.05, 0) is 36.8 Å². The molecule has 3 N–H and O–H groups in total. The molecule has 4 aromatic rings. The summed E-state index contributed by atoms with van der Waals surface area (Å²) in [7, 11) is 1.72. The Bertz CT molecular complexity index is 1230. The predicted molar refractivity (Wildman–Crippen MR) is 110 cm³/mol. The van der Waals surface area contributed by atoms with Crippen molar-refractivity contribution in [3.63, 3.8) is 0 Å². The molecule has 2 aromatic carbocycles. The van der Waals surface area contributed by atoms with Gasteiger partial charge in [-0.3, -0.25) is 14.8 Å². The van der Waals surface area contributed by atoms with E-state index in [9.17, 15) is 9.59 Å². The summed E-state index contributed by atoms with van der Waals surface area (Å²) >= 11 is 0. The van der Waals surface area contributed by atoms with Gasteiger partial charge < -0.3 is 9.88 Å². The Kier molecular flexibility index (Phi) is 4.74. The Hall–Kier alpha value is -3.71. The number of nitrogens with one attached hydrogen (secondary N) is 2. The van der Waals surface area contributed by atoms with Gasteiger partial charge in [0.1, 0.15) is 5.69 Å². The molecule has 0 saturated heterocycles. The van der Waals surface area contributed by atoms with Crippen molar-refractivity contribution in [2.24, 2.45) is 0 Å². The van der Waals surface area contributed by atoms with Crippen molar-refractivity contribution in [3.8, 4) is 0 Å². The summed E-state index contributed by atoms with van der Waals surface area (Å²) < 4.78 is 0. The highest BCUT2D eigenvalue weighted by atomic mass is 16.5. The van der Waals surface area contributed by atoms with Crippen molar-refractivity contribution in [3.05, 3.63) is 77.1 Å². The van der Waals surface area contributed by atoms with E-state index in [0.717, 1.165) is 33.1 Å². The molecule has 0 saturated carbocycles. The predicted octanol–water partition coefficient (Wildman–Crippen LogP) is 3.42. The molecule has 7 nitrogen and oxygen atoms in total. The lowest BCUT2D eigenvalue weighted by atomic mass is 10.1. The fourth-order valence-corrected chi connectivity index (χ4v) is 3.48. The summed E-state index contributed by atoms with van der Waals surface area (Å²) in [6.45, 7) is 2.26. The summed E-state index contributed by atoms with van der Waals surface area (Å²) in [6, 6.07) is 16.5. The van der Waals surface area contributed by atoms with Crippen molar-refractivity contribution in [1.29, 1.82) is 0 Å². The van der Waals surface area contributed by atoms with Gasteiger partial charge in [-0.1, -0.05) is 30.3 Å². The van der Waals surface area contributed by atoms with E-state index in [-0.39, 0.29) is 5.91 Å². The summed E-state index contributed by atoms with van der Waals surface area (Å²) in [6.07, 6.45) is 0. The minimum atomic E-state index is -0.576. The van der Waals surface area contributed by atoms with Crippen molar-refractivity contribution < 1.29 is 14.8 Å². The first-order chi connectivity index (χ1) is 14.0. The maximum absolute atomic E-state index is 13.0. The third-order valence-electron chi connectivity index (χ3n) is 4.98. The van der Waals surface area contributed by atoms with Crippen molar-refractivity contribution in [2.45, 2.75) is 13.5 Å². The van der Waals surface area contributed by atoms with Crippen LogP contribution in [0.15, 0.2) is 54.6 Å². The van der Waals surface area contributed by atoms with Crippen LogP contribution in [0.5, 0.6) is 0 Å². The number of nitrogens with zero attached hydrogens (tertiary/aromatic N) is 2. The number of hydroxylamine groups is 1. The van der Waals surface area contributed by atoms with Crippen molar-refractivity contribution in [2.75, 3.05) is 7.05 Å². The van der Waals surface area contributed by atoms with E-state index in [2.05, 4.69) is 9.97 Å². The molecule has 0 aliphatic rings. The molecule has 7 heteroatoms. The number of hydrogen-bond donors (Lipinski definition) is 3. The van der Waals surface area contributed by atoms with Gasteiger partial charge in [0.25, 0.3) is 11.8 Å². The third kappa shape index (κ3) is 3.43. The van der Waals surface area contributed by atoms with Gasteiger partial charge in [-0.2, -0.15) is 0 Å². The van der Waals surface area contributed by atoms with Crippen LogP contribution in [0.4, 0.5) is 0 Å². The number of aromatic nitrogens is 2. The highest BCUT2D eigenvalue weighted by Crippen LogP contribution is 2.27. The van der Waals surface area contributed by atoms with Crippen LogP contribution in [0.2, 0.25) is 0 Å². The third-order valence-corrected chi connectivity index (χ3v) is 4.98. The van der Waals surface area contributed by atoms with Gasteiger partial charge in [0, 0.05) is 35.4 Å². The molecule has 4 rings (SSSR count). The van der Waals surface area contributed by atoms with Gasteiger partial charge in [0.05, 0.1) is 11.2 Å². The first-order valence-electron chi connectivity index (χ1n) is 9.15. The molecule has 2 heterocycles. The zero-order chi connectivity index (χ0) is 20.5. The Labute approximate surface area is 166 Å². The Morgan fingerprint density at radius 2 is 1.83 bits per heavy atom. The molecule has 0 fully saturated rings. The maximum atomic E-state index is 13.0. The van der Waals surface area contributed by atoms with E-state index in [4.69, 9.17) is 5.21 Å². The topological polar surface area (TPSA) is 98.3 Å². The molecule has 0 radical (unpaired) electrons. The zero-order valence-corrected chi connectivity index (χ0v) is 16.1.